The number of aryl methyl sites for hydroxylation is 1. The number of piperidine rings is 1. The van der Waals surface area contributed by atoms with E-state index in [2.05, 4.69) is 38.1 Å². The van der Waals surface area contributed by atoms with Crippen LogP contribution in [0.2, 0.25) is 4.34 Å². The smallest absolute Gasteiger partial charge is 0.320 e. The third-order valence-corrected chi connectivity index (χ3v) is 7.44. The van der Waals surface area contributed by atoms with Crippen molar-refractivity contribution in [2.24, 2.45) is 0 Å². The van der Waals surface area contributed by atoms with E-state index >= 15 is 0 Å². The number of nitrogens with zero attached hydrogens (tertiary/aromatic N) is 2. The molecule has 1 saturated heterocycles. The van der Waals surface area contributed by atoms with Crippen molar-refractivity contribution in [1.82, 2.24) is 14.6 Å². The molecule has 31 heavy (non-hydrogen) atoms. The van der Waals surface area contributed by atoms with E-state index in [0.29, 0.717) is 0 Å². The molecule has 164 valence electrons. The van der Waals surface area contributed by atoms with Crippen LogP contribution >= 0.6 is 34.5 Å². The third kappa shape index (κ3) is 5.77. The van der Waals surface area contributed by atoms with Gasteiger partial charge >= 0.3 is 6.03 Å². The Morgan fingerprint density at radius 3 is 2.74 bits per heavy atom. The first-order chi connectivity index (χ1) is 15.0. The van der Waals surface area contributed by atoms with Crippen molar-refractivity contribution in [3.63, 3.8) is 0 Å². The Labute approximate surface area is 195 Å². The van der Waals surface area contributed by atoms with Crippen LogP contribution in [-0.2, 0) is 6.54 Å². The second kappa shape index (κ2) is 9.99. The lowest BCUT2D eigenvalue weighted by molar-refractivity contribution is 0.170. The molecule has 0 spiro atoms. The maximum atomic E-state index is 12.7. The number of halogens is 1. The number of hydrogen-bond acceptors (Lipinski definition) is 6. The molecule has 3 heterocycles. The molecule has 1 aliphatic heterocycles. The van der Waals surface area contributed by atoms with Gasteiger partial charge in [0.1, 0.15) is 10.8 Å². The number of rotatable bonds is 6. The van der Waals surface area contributed by atoms with Crippen LogP contribution in [0.5, 0.6) is 5.75 Å². The van der Waals surface area contributed by atoms with Gasteiger partial charge in [0.15, 0.2) is 0 Å². The molecule has 1 fully saturated rings. The van der Waals surface area contributed by atoms with Gasteiger partial charge in [-0.25, -0.2) is 4.79 Å². The van der Waals surface area contributed by atoms with Crippen LogP contribution < -0.4 is 15.4 Å². The zero-order valence-corrected chi connectivity index (χ0v) is 19.8. The number of likely N-dealkylation sites (tertiary alicyclic amines) is 1. The molecule has 9 heteroatoms. The summed E-state index contributed by atoms with van der Waals surface area (Å²) in [6.45, 7) is 4.54. The summed E-state index contributed by atoms with van der Waals surface area (Å²) in [5.41, 5.74) is 2.09. The number of amides is 2. The number of aromatic nitrogens is 1. The average molecular weight is 477 g/mol. The number of ether oxygens (including phenoxy) is 1. The number of thiophene rings is 1. The molecule has 0 radical (unpaired) electrons. The van der Waals surface area contributed by atoms with Gasteiger partial charge in [-0.3, -0.25) is 10.2 Å². The van der Waals surface area contributed by atoms with Crippen LogP contribution in [0.4, 0.5) is 9.80 Å². The van der Waals surface area contributed by atoms with Gasteiger partial charge in [0, 0.05) is 36.5 Å². The molecule has 2 aromatic heterocycles. The second-order valence-electron chi connectivity index (χ2n) is 7.65. The number of carbonyl (C=O) groups is 1. The van der Waals surface area contributed by atoms with E-state index in [1.54, 1.807) is 18.4 Å². The van der Waals surface area contributed by atoms with Crippen LogP contribution in [0.3, 0.4) is 0 Å². The van der Waals surface area contributed by atoms with Crippen LogP contribution in [0.25, 0.3) is 0 Å². The fraction of sp³-hybridized carbons (Fsp3) is 0.364. The molecule has 0 bridgehead atoms. The number of urea groups is 1. The molecule has 0 saturated carbocycles. The highest BCUT2D eigenvalue weighted by molar-refractivity contribution is 7.16. The normalized spacial score (nSPS) is 19.2. The fourth-order valence-electron chi connectivity index (χ4n) is 3.92. The Morgan fingerprint density at radius 1 is 1.29 bits per heavy atom. The van der Waals surface area contributed by atoms with Crippen molar-refractivity contribution < 1.29 is 9.53 Å². The van der Waals surface area contributed by atoms with Gasteiger partial charge in [0.05, 0.1) is 17.1 Å². The summed E-state index contributed by atoms with van der Waals surface area (Å²) in [5.74, 6) is 0.997. The van der Waals surface area contributed by atoms with E-state index < -0.39 is 0 Å². The molecule has 3 aromatic rings. The minimum Gasteiger partial charge on any atom is -0.497 e. The molecule has 2 amide bonds. The fourth-order valence-corrected chi connectivity index (χ4v) is 5.71. The molecular weight excluding hydrogens is 452 g/mol. The van der Waals surface area contributed by atoms with Crippen LogP contribution in [0.1, 0.15) is 28.5 Å². The lowest BCUT2D eigenvalue weighted by atomic mass is 9.86. The van der Waals surface area contributed by atoms with Crippen LogP contribution in [0.15, 0.2) is 42.5 Å². The first-order valence-corrected chi connectivity index (χ1v) is 12.1. The SMILES string of the molecule is COc1ccc(C2CN(Cc3ccc(Cl)s3)CCC2NC(=O)Nc2cc(C)ns2)cc1. The number of nitrogens with one attached hydrogen (secondary N) is 2. The number of hydrogen-bond donors (Lipinski definition) is 2. The highest BCUT2D eigenvalue weighted by Crippen LogP contribution is 2.31. The molecule has 2 atom stereocenters. The van der Waals surface area contributed by atoms with E-state index in [-0.39, 0.29) is 18.0 Å². The second-order valence-corrected chi connectivity index (χ2v) is 10.3. The zero-order chi connectivity index (χ0) is 21.8. The van der Waals surface area contributed by atoms with Gasteiger partial charge in [-0.1, -0.05) is 23.7 Å². The monoisotopic (exact) mass is 476 g/mol. The maximum Gasteiger partial charge on any atom is 0.320 e. The van der Waals surface area contributed by atoms with Gasteiger partial charge in [-0.2, -0.15) is 4.37 Å². The Morgan fingerprint density at radius 2 is 2.10 bits per heavy atom. The van der Waals surface area contributed by atoms with Crippen LogP contribution in [-0.4, -0.2) is 41.5 Å². The summed E-state index contributed by atoms with van der Waals surface area (Å²) in [4.78, 5) is 16.3. The standard InChI is InChI=1S/C22H25ClN4O2S2/c1-14-11-21(31-26-14)25-22(28)24-19-9-10-27(12-17-7-8-20(23)30-17)13-18(19)15-3-5-16(29-2)6-4-15/h3-8,11,18-19H,9-10,12-13H2,1-2H3,(H2,24,25,28). The Hall–Kier alpha value is -2.13. The molecule has 6 nitrogen and oxygen atoms in total. The largest absolute Gasteiger partial charge is 0.497 e. The van der Waals surface area contributed by atoms with Crippen molar-refractivity contribution in [1.29, 1.82) is 0 Å². The Balaban J connectivity index is 1.47. The van der Waals surface area contributed by atoms with E-state index in [9.17, 15) is 4.79 Å². The van der Waals surface area contributed by atoms with Crippen molar-refractivity contribution in [3.8, 4) is 5.75 Å². The third-order valence-electron chi connectivity index (χ3n) is 5.43. The van der Waals surface area contributed by atoms with Crippen molar-refractivity contribution >= 4 is 45.5 Å². The summed E-state index contributed by atoms with van der Waals surface area (Å²) in [5, 5.41) is 6.86. The molecule has 2 unspecified atom stereocenters. The number of carbonyl (C=O) groups excluding carboxylic acids is 1. The lowest BCUT2D eigenvalue weighted by Crippen LogP contribution is -2.50. The first kappa shape index (κ1) is 22.1. The average Bonchev–Trinajstić information content (AvgIpc) is 3.36. The van der Waals surface area contributed by atoms with E-state index in [1.165, 1.54) is 22.0 Å². The number of methoxy groups -OCH3 is 1. The quantitative estimate of drug-likeness (QED) is 0.503. The summed E-state index contributed by atoms with van der Waals surface area (Å²) in [6.07, 6.45) is 0.866. The summed E-state index contributed by atoms with van der Waals surface area (Å²) >= 11 is 9.02. The maximum absolute atomic E-state index is 12.7. The highest BCUT2D eigenvalue weighted by atomic mass is 35.5. The van der Waals surface area contributed by atoms with E-state index in [0.717, 1.165) is 46.8 Å². The first-order valence-electron chi connectivity index (χ1n) is 10.1. The molecule has 1 aliphatic rings. The zero-order valence-electron chi connectivity index (χ0n) is 17.4. The molecule has 0 aliphatic carbocycles. The predicted molar refractivity (Wildman–Crippen MR) is 128 cm³/mol. The Bertz CT molecular complexity index is 1020. The van der Waals surface area contributed by atoms with Gasteiger partial charge in [0.25, 0.3) is 0 Å². The highest BCUT2D eigenvalue weighted by Gasteiger charge is 2.32. The summed E-state index contributed by atoms with van der Waals surface area (Å²) < 4.78 is 10.3. The van der Waals surface area contributed by atoms with Crippen molar-refractivity contribution in [2.75, 3.05) is 25.5 Å². The molecule has 4 rings (SSSR count). The summed E-state index contributed by atoms with van der Waals surface area (Å²) in [6, 6.07) is 13.9. The van der Waals surface area contributed by atoms with Crippen molar-refractivity contribution in [3.05, 3.63) is 62.9 Å². The Kier molecular flexibility index (Phi) is 7.12. The predicted octanol–water partition coefficient (Wildman–Crippen LogP) is 5.35. The van der Waals surface area contributed by atoms with Crippen LogP contribution in [0, 0.1) is 6.92 Å². The van der Waals surface area contributed by atoms with Gasteiger partial charge < -0.3 is 10.1 Å². The summed E-state index contributed by atoms with van der Waals surface area (Å²) in [7, 11) is 1.67. The van der Waals surface area contributed by atoms with E-state index in [4.69, 9.17) is 16.3 Å². The lowest BCUT2D eigenvalue weighted by Gasteiger charge is -2.39. The minimum absolute atomic E-state index is 0.0330. The van der Waals surface area contributed by atoms with Gasteiger partial charge in [-0.05, 0) is 60.8 Å². The molecule has 2 N–H and O–H groups in total. The molecular formula is C22H25ClN4O2S2. The number of benzene rings is 1. The van der Waals surface area contributed by atoms with Gasteiger partial charge in [-0.15, -0.1) is 11.3 Å². The van der Waals surface area contributed by atoms with Crippen molar-refractivity contribution in [2.45, 2.75) is 31.8 Å². The topological polar surface area (TPSA) is 66.5 Å². The minimum atomic E-state index is -0.189. The van der Waals surface area contributed by atoms with E-state index in [1.807, 2.05) is 31.2 Å². The molecule has 1 aromatic carbocycles. The van der Waals surface area contributed by atoms with Gasteiger partial charge in [0.2, 0.25) is 0 Å². The number of anilines is 1.